The van der Waals surface area contributed by atoms with Gasteiger partial charge in [-0.15, -0.1) is 0 Å². The minimum absolute atomic E-state index is 0.255. The third kappa shape index (κ3) is 5.62. The molecule has 0 aliphatic carbocycles. The lowest BCUT2D eigenvalue weighted by Gasteiger charge is -2.15. The number of aromatic nitrogens is 1. The molecule has 0 amide bonds. The average molecular weight is 360 g/mol. The van der Waals surface area contributed by atoms with Crippen LogP contribution in [0.3, 0.4) is 0 Å². The van der Waals surface area contributed by atoms with Crippen LogP contribution >= 0.6 is 0 Å². The van der Waals surface area contributed by atoms with E-state index in [0.29, 0.717) is 12.5 Å². The third-order valence-electron chi connectivity index (χ3n) is 4.33. The van der Waals surface area contributed by atoms with Crippen LogP contribution in [0.25, 0.3) is 0 Å². The van der Waals surface area contributed by atoms with E-state index in [9.17, 15) is 0 Å². The zero-order valence-electron chi connectivity index (χ0n) is 15.5. The summed E-state index contributed by atoms with van der Waals surface area (Å²) < 4.78 is 16.4. The number of hydrogen-bond donors (Lipinski definition) is 2. The summed E-state index contributed by atoms with van der Waals surface area (Å²) in [6, 6.07) is 5.84. The Balaban J connectivity index is 1.54. The van der Waals surface area contributed by atoms with E-state index < -0.39 is 0 Å². The van der Waals surface area contributed by atoms with Gasteiger partial charge in [0.15, 0.2) is 11.7 Å². The molecule has 0 saturated carbocycles. The number of nitrogens with one attached hydrogen (secondary N) is 2. The van der Waals surface area contributed by atoms with Gasteiger partial charge in [-0.05, 0) is 30.9 Å². The number of nitrogens with zero attached hydrogens (tertiary/aromatic N) is 2. The molecule has 2 N–H and O–H groups in total. The van der Waals surface area contributed by atoms with Crippen molar-refractivity contribution in [3.8, 4) is 0 Å². The third-order valence-corrected chi connectivity index (χ3v) is 4.33. The summed E-state index contributed by atoms with van der Waals surface area (Å²) in [5, 5.41) is 10.8. The second-order valence-corrected chi connectivity index (χ2v) is 6.81. The van der Waals surface area contributed by atoms with Crippen molar-refractivity contribution in [2.75, 3.05) is 19.7 Å². The molecular weight excluding hydrogens is 332 g/mol. The van der Waals surface area contributed by atoms with E-state index in [1.54, 1.807) is 6.26 Å². The summed E-state index contributed by atoms with van der Waals surface area (Å²) in [5.74, 6) is 2.81. The van der Waals surface area contributed by atoms with Gasteiger partial charge in [0.2, 0.25) is 0 Å². The second-order valence-electron chi connectivity index (χ2n) is 6.81. The van der Waals surface area contributed by atoms with Crippen LogP contribution in [0.1, 0.15) is 49.8 Å². The Bertz CT molecular complexity index is 673. The van der Waals surface area contributed by atoms with Gasteiger partial charge in [0, 0.05) is 32.2 Å². The largest absolute Gasteiger partial charge is 0.469 e. The van der Waals surface area contributed by atoms with Crippen LogP contribution in [0.4, 0.5) is 0 Å². The lowest BCUT2D eigenvalue weighted by atomic mass is 10.1. The van der Waals surface area contributed by atoms with Crippen molar-refractivity contribution < 1.29 is 13.7 Å². The topological polar surface area (TPSA) is 84.8 Å². The summed E-state index contributed by atoms with van der Waals surface area (Å²) >= 11 is 0. The van der Waals surface area contributed by atoms with Gasteiger partial charge in [-0.2, -0.15) is 0 Å². The van der Waals surface area contributed by atoms with Crippen LogP contribution in [0, 0.1) is 0 Å². The lowest BCUT2D eigenvalue weighted by molar-refractivity contribution is 0.114. The van der Waals surface area contributed by atoms with E-state index in [4.69, 9.17) is 13.7 Å². The number of aliphatic imine (C=N–C) groups is 1. The van der Waals surface area contributed by atoms with Gasteiger partial charge in [-0.3, -0.25) is 0 Å². The molecule has 7 heteroatoms. The highest BCUT2D eigenvalue weighted by Gasteiger charge is 2.15. The highest BCUT2D eigenvalue weighted by Crippen LogP contribution is 2.14. The summed E-state index contributed by atoms with van der Waals surface area (Å²) in [4.78, 5) is 4.62. The van der Waals surface area contributed by atoms with Crippen molar-refractivity contribution in [2.24, 2.45) is 4.99 Å². The van der Waals surface area contributed by atoms with E-state index in [0.717, 1.165) is 62.1 Å². The highest BCUT2D eigenvalue weighted by molar-refractivity contribution is 5.79. The van der Waals surface area contributed by atoms with Gasteiger partial charge >= 0.3 is 0 Å². The van der Waals surface area contributed by atoms with Crippen molar-refractivity contribution in [2.45, 2.75) is 51.7 Å². The van der Waals surface area contributed by atoms with Crippen molar-refractivity contribution in [3.05, 3.63) is 41.7 Å². The lowest BCUT2D eigenvalue weighted by Crippen LogP contribution is -2.41. The Hall–Kier alpha value is -2.28. The van der Waals surface area contributed by atoms with E-state index in [1.807, 2.05) is 18.2 Å². The molecule has 3 heterocycles. The molecule has 3 rings (SSSR count). The molecule has 7 nitrogen and oxygen atoms in total. The number of guanidine groups is 1. The first-order chi connectivity index (χ1) is 12.7. The van der Waals surface area contributed by atoms with Crippen LogP contribution in [0.15, 0.2) is 38.4 Å². The molecule has 1 saturated heterocycles. The summed E-state index contributed by atoms with van der Waals surface area (Å²) in [5.41, 5.74) is 0.954. The van der Waals surface area contributed by atoms with Gasteiger partial charge in [0.05, 0.1) is 18.1 Å². The molecule has 0 spiro atoms. The van der Waals surface area contributed by atoms with Gasteiger partial charge in [-0.25, -0.2) is 4.99 Å². The molecule has 2 aromatic heterocycles. The predicted octanol–water partition coefficient (Wildman–Crippen LogP) is 2.85. The molecule has 0 radical (unpaired) electrons. The monoisotopic (exact) mass is 360 g/mol. The fraction of sp³-hybridized carbons (Fsp3) is 0.579. The maximum absolute atomic E-state index is 5.67. The normalized spacial score (nSPS) is 17.8. The molecule has 0 aromatic carbocycles. The summed E-state index contributed by atoms with van der Waals surface area (Å²) in [6.07, 6.45) is 4.96. The van der Waals surface area contributed by atoms with Gasteiger partial charge in [0.25, 0.3) is 0 Å². The minimum atomic E-state index is 0.255. The zero-order valence-corrected chi connectivity index (χ0v) is 15.5. The zero-order chi connectivity index (χ0) is 18.2. The average Bonchev–Trinajstić information content (AvgIpc) is 3.39. The van der Waals surface area contributed by atoms with Gasteiger partial charge < -0.3 is 24.3 Å². The number of rotatable bonds is 8. The molecule has 1 unspecified atom stereocenters. The van der Waals surface area contributed by atoms with E-state index in [1.165, 1.54) is 0 Å². The number of hydrogen-bond acceptors (Lipinski definition) is 5. The second kappa shape index (κ2) is 9.43. The highest BCUT2D eigenvalue weighted by atomic mass is 16.5. The summed E-state index contributed by atoms with van der Waals surface area (Å²) in [7, 11) is 0. The van der Waals surface area contributed by atoms with Crippen molar-refractivity contribution in [1.82, 2.24) is 15.8 Å². The molecule has 26 heavy (non-hydrogen) atoms. The molecule has 1 atom stereocenters. The van der Waals surface area contributed by atoms with Crippen molar-refractivity contribution in [3.63, 3.8) is 0 Å². The number of ether oxygens (including phenoxy) is 1. The maximum atomic E-state index is 5.67. The molecular formula is C19H28N4O3. The molecule has 1 fully saturated rings. The molecule has 2 aromatic rings. The number of furan rings is 1. The van der Waals surface area contributed by atoms with Gasteiger partial charge in [0.1, 0.15) is 12.3 Å². The van der Waals surface area contributed by atoms with Crippen molar-refractivity contribution >= 4 is 5.96 Å². The Morgan fingerprint density at radius 1 is 1.35 bits per heavy atom. The molecule has 1 aliphatic rings. The van der Waals surface area contributed by atoms with Crippen LogP contribution in [0.5, 0.6) is 0 Å². The van der Waals surface area contributed by atoms with Crippen LogP contribution in [-0.2, 0) is 17.7 Å². The Morgan fingerprint density at radius 3 is 2.96 bits per heavy atom. The van der Waals surface area contributed by atoms with Crippen LogP contribution in [0.2, 0.25) is 0 Å². The summed E-state index contributed by atoms with van der Waals surface area (Å²) in [6.45, 7) is 6.96. The quantitative estimate of drug-likeness (QED) is 0.556. The smallest absolute Gasteiger partial charge is 0.191 e. The van der Waals surface area contributed by atoms with Crippen molar-refractivity contribution in [1.29, 1.82) is 0 Å². The first-order valence-electron chi connectivity index (χ1n) is 9.32. The Kier molecular flexibility index (Phi) is 6.71. The van der Waals surface area contributed by atoms with Gasteiger partial charge in [-0.1, -0.05) is 19.0 Å². The fourth-order valence-corrected chi connectivity index (χ4v) is 2.78. The Labute approximate surface area is 154 Å². The first-order valence-corrected chi connectivity index (χ1v) is 9.32. The predicted molar refractivity (Wildman–Crippen MR) is 99.1 cm³/mol. The molecule has 142 valence electrons. The maximum Gasteiger partial charge on any atom is 0.191 e. The fourth-order valence-electron chi connectivity index (χ4n) is 2.78. The van der Waals surface area contributed by atoms with E-state index in [-0.39, 0.29) is 6.10 Å². The minimum Gasteiger partial charge on any atom is -0.469 e. The van der Waals surface area contributed by atoms with E-state index in [2.05, 4.69) is 34.6 Å². The van der Waals surface area contributed by atoms with E-state index >= 15 is 0 Å². The molecule has 1 aliphatic heterocycles. The van der Waals surface area contributed by atoms with Crippen LogP contribution < -0.4 is 10.6 Å². The SMILES string of the molecule is CC(C)c1cc(CN=C(NCCc2ccco2)NCC2CCCO2)on1. The standard InChI is InChI=1S/C19H28N4O3/c1-14(2)18-11-17(26-23-18)13-22-19(21-12-16-6-4-10-25-16)20-8-7-15-5-3-9-24-15/h3,5,9,11,14,16H,4,6-8,10,12-13H2,1-2H3,(H2,20,21,22). The van der Waals surface area contributed by atoms with Crippen LogP contribution in [-0.4, -0.2) is 36.9 Å². The molecule has 0 bridgehead atoms. The Morgan fingerprint density at radius 2 is 2.27 bits per heavy atom. The first kappa shape index (κ1) is 18.5.